The molecule has 4 heterocycles. The molecule has 2 aromatic heterocycles. The fourth-order valence-corrected chi connectivity index (χ4v) is 4.62. The van der Waals surface area contributed by atoms with E-state index in [0.29, 0.717) is 0 Å². The van der Waals surface area contributed by atoms with Gasteiger partial charge in [0, 0.05) is 18.0 Å². The van der Waals surface area contributed by atoms with Gasteiger partial charge in [-0.2, -0.15) is 0 Å². The summed E-state index contributed by atoms with van der Waals surface area (Å²) in [6, 6.07) is 0. The van der Waals surface area contributed by atoms with Crippen molar-refractivity contribution in [3.8, 4) is 0 Å². The Morgan fingerprint density at radius 3 is 3.00 bits per heavy atom. The molecule has 4 nitrogen and oxygen atoms in total. The molecule has 0 radical (unpaired) electrons. The van der Waals surface area contributed by atoms with Crippen LogP contribution in [0.4, 0.5) is 5.82 Å². The molecule has 20 heavy (non-hydrogen) atoms. The molecule has 2 atom stereocenters. The Kier molecular flexibility index (Phi) is 2.93. The lowest BCUT2D eigenvalue weighted by Crippen LogP contribution is -2.40. The number of thiophene rings is 1. The van der Waals surface area contributed by atoms with Gasteiger partial charge in [0.2, 0.25) is 0 Å². The van der Waals surface area contributed by atoms with E-state index >= 15 is 0 Å². The minimum absolute atomic E-state index is 0.786. The molecular weight excluding hydrogens is 268 g/mol. The normalized spacial score (nSPS) is 26.2. The van der Waals surface area contributed by atoms with E-state index in [1.807, 2.05) is 0 Å². The van der Waals surface area contributed by atoms with Crippen molar-refractivity contribution in [3.05, 3.63) is 16.8 Å². The molecule has 0 bridgehead atoms. The SMILES string of the molecule is Cc1sc2ncnc(N3CCC4CNCC4C3)c2c1C. The van der Waals surface area contributed by atoms with Gasteiger partial charge in [0.1, 0.15) is 17.0 Å². The van der Waals surface area contributed by atoms with E-state index in [1.54, 1.807) is 17.7 Å². The summed E-state index contributed by atoms with van der Waals surface area (Å²) < 4.78 is 0. The number of aromatic nitrogens is 2. The van der Waals surface area contributed by atoms with Gasteiger partial charge in [-0.25, -0.2) is 9.97 Å². The number of nitrogens with one attached hydrogen (secondary N) is 1. The Bertz CT molecular complexity index is 651. The van der Waals surface area contributed by atoms with Crippen LogP contribution in [0.15, 0.2) is 6.33 Å². The minimum atomic E-state index is 0.786. The van der Waals surface area contributed by atoms with Crippen LogP contribution in [0.5, 0.6) is 0 Å². The Morgan fingerprint density at radius 2 is 2.10 bits per heavy atom. The van der Waals surface area contributed by atoms with Crippen molar-refractivity contribution >= 4 is 27.4 Å². The van der Waals surface area contributed by atoms with E-state index < -0.39 is 0 Å². The Hall–Kier alpha value is -1.20. The van der Waals surface area contributed by atoms with E-state index in [2.05, 4.69) is 34.0 Å². The third-order valence-electron chi connectivity index (χ3n) is 4.95. The number of anilines is 1. The number of rotatable bonds is 1. The molecule has 0 saturated carbocycles. The van der Waals surface area contributed by atoms with E-state index in [1.165, 1.54) is 28.8 Å². The number of piperidine rings is 1. The fraction of sp³-hybridized carbons (Fsp3) is 0.600. The van der Waals surface area contributed by atoms with E-state index in [9.17, 15) is 0 Å². The molecule has 0 spiro atoms. The average molecular weight is 288 g/mol. The zero-order valence-corrected chi connectivity index (χ0v) is 12.8. The monoisotopic (exact) mass is 288 g/mol. The lowest BCUT2D eigenvalue weighted by molar-refractivity contribution is 0.348. The summed E-state index contributed by atoms with van der Waals surface area (Å²) in [6.45, 7) is 9.01. The molecule has 4 rings (SSSR count). The first-order valence-corrected chi connectivity index (χ1v) is 8.22. The zero-order valence-electron chi connectivity index (χ0n) is 12.0. The van der Waals surface area contributed by atoms with Gasteiger partial charge in [-0.1, -0.05) is 0 Å². The predicted octanol–water partition coefficient (Wildman–Crippen LogP) is 2.35. The molecule has 2 fully saturated rings. The second kappa shape index (κ2) is 4.67. The molecule has 0 aromatic carbocycles. The van der Waals surface area contributed by atoms with Crippen LogP contribution in [-0.4, -0.2) is 36.1 Å². The summed E-state index contributed by atoms with van der Waals surface area (Å²) in [5.74, 6) is 2.81. The van der Waals surface area contributed by atoms with Crippen molar-refractivity contribution in [1.82, 2.24) is 15.3 Å². The Morgan fingerprint density at radius 1 is 1.25 bits per heavy atom. The first kappa shape index (κ1) is 12.5. The van der Waals surface area contributed by atoms with Crippen molar-refractivity contribution in [3.63, 3.8) is 0 Å². The van der Waals surface area contributed by atoms with Crippen LogP contribution < -0.4 is 10.2 Å². The Balaban J connectivity index is 1.75. The average Bonchev–Trinajstić information content (AvgIpc) is 3.03. The van der Waals surface area contributed by atoms with Crippen LogP contribution >= 0.6 is 11.3 Å². The molecule has 106 valence electrons. The highest BCUT2D eigenvalue weighted by Crippen LogP contribution is 2.37. The van der Waals surface area contributed by atoms with Gasteiger partial charge >= 0.3 is 0 Å². The first-order chi connectivity index (χ1) is 9.74. The van der Waals surface area contributed by atoms with Crippen molar-refractivity contribution in [2.24, 2.45) is 11.8 Å². The highest BCUT2D eigenvalue weighted by atomic mass is 32.1. The molecular formula is C15H20N4S. The quantitative estimate of drug-likeness (QED) is 0.874. The van der Waals surface area contributed by atoms with E-state index in [4.69, 9.17) is 0 Å². The smallest absolute Gasteiger partial charge is 0.141 e. The van der Waals surface area contributed by atoms with Crippen LogP contribution in [0, 0.1) is 25.7 Å². The third kappa shape index (κ3) is 1.84. The van der Waals surface area contributed by atoms with Crippen molar-refractivity contribution in [2.45, 2.75) is 20.3 Å². The zero-order chi connectivity index (χ0) is 13.7. The molecule has 2 unspecified atom stereocenters. The third-order valence-corrected chi connectivity index (χ3v) is 6.06. The van der Waals surface area contributed by atoms with Crippen molar-refractivity contribution < 1.29 is 0 Å². The van der Waals surface area contributed by atoms with Gasteiger partial charge in [0.25, 0.3) is 0 Å². The fourth-order valence-electron chi connectivity index (χ4n) is 3.63. The van der Waals surface area contributed by atoms with E-state index in [-0.39, 0.29) is 0 Å². The van der Waals surface area contributed by atoms with Crippen molar-refractivity contribution in [1.29, 1.82) is 0 Å². The van der Waals surface area contributed by atoms with Gasteiger partial charge in [0.05, 0.1) is 5.39 Å². The second-order valence-corrected chi connectivity index (χ2v) is 7.28. The van der Waals surface area contributed by atoms with E-state index in [0.717, 1.165) is 42.1 Å². The van der Waals surface area contributed by atoms with Crippen LogP contribution in [-0.2, 0) is 0 Å². The first-order valence-electron chi connectivity index (χ1n) is 7.40. The van der Waals surface area contributed by atoms with Gasteiger partial charge in [-0.3, -0.25) is 0 Å². The van der Waals surface area contributed by atoms with Gasteiger partial charge < -0.3 is 10.2 Å². The summed E-state index contributed by atoms with van der Waals surface area (Å²) in [5.41, 5.74) is 1.35. The lowest BCUT2D eigenvalue weighted by atomic mass is 9.88. The van der Waals surface area contributed by atoms with Crippen LogP contribution in [0.25, 0.3) is 10.2 Å². The molecule has 2 saturated heterocycles. The maximum atomic E-state index is 4.62. The topological polar surface area (TPSA) is 41.1 Å². The molecule has 5 heteroatoms. The minimum Gasteiger partial charge on any atom is -0.356 e. The van der Waals surface area contributed by atoms with Crippen LogP contribution in [0.1, 0.15) is 16.9 Å². The number of aryl methyl sites for hydroxylation is 2. The molecule has 2 aliphatic heterocycles. The molecule has 0 aliphatic carbocycles. The van der Waals surface area contributed by atoms with Gasteiger partial charge in [-0.05, 0) is 50.8 Å². The maximum Gasteiger partial charge on any atom is 0.141 e. The number of hydrogen-bond donors (Lipinski definition) is 1. The number of nitrogens with zero attached hydrogens (tertiary/aromatic N) is 3. The van der Waals surface area contributed by atoms with Crippen LogP contribution in [0.2, 0.25) is 0 Å². The highest BCUT2D eigenvalue weighted by Gasteiger charge is 2.34. The lowest BCUT2D eigenvalue weighted by Gasteiger charge is -2.35. The molecule has 0 amide bonds. The highest BCUT2D eigenvalue weighted by molar-refractivity contribution is 7.18. The summed E-state index contributed by atoms with van der Waals surface area (Å²) >= 11 is 1.79. The number of fused-ring (bicyclic) bond motifs is 2. The summed E-state index contributed by atoms with van der Waals surface area (Å²) in [4.78, 5) is 14.1. The predicted molar refractivity (Wildman–Crippen MR) is 83.6 cm³/mol. The summed E-state index contributed by atoms with van der Waals surface area (Å²) in [6.07, 6.45) is 3.01. The van der Waals surface area contributed by atoms with Crippen LogP contribution in [0.3, 0.4) is 0 Å². The largest absolute Gasteiger partial charge is 0.356 e. The second-order valence-electron chi connectivity index (χ2n) is 6.07. The maximum absolute atomic E-state index is 4.62. The molecule has 2 aliphatic rings. The van der Waals surface area contributed by atoms with Crippen molar-refractivity contribution in [2.75, 3.05) is 31.1 Å². The van der Waals surface area contributed by atoms with Gasteiger partial charge in [0.15, 0.2) is 0 Å². The number of hydrogen-bond acceptors (Lipinski definition) is 5. The molecule has 1 N–H and O–H groups in total. The summed E-state index contributed by atoms with van der Waals surface area (Å²) in [7, 11) is 0. The standard InChI is InChI=1S/C15H20N4S/c1-9-10(2)20-15-13(9)14(17-8-18-15)19-4-3-11-5-16-6-12(11)7-19/h8,11-12,16H,3-7H2,1-2H3. The Labute approximate surface area is 123 Å². The summed E-state index contributed by atoms with van der Waals surface area (Å²) in [5, 5.41) is 4.81. The van der Waals surface area contributed by atoms with Gasteiger partial charge in [-0.15, -0.1) is 11.3 Å². The molecule has 2 aromatic rings.